The normalized spacial score (nSPS) is 16.5. The highest BCUT2D eigenvalue weighted by molar-refractivity contribution is 6.13. The van der Waals surface area contributed by atoms with Crippen LogP contribution in [0, 0.1) is 0 Å². The summed E-state index contributed by atoms with van der Waals surface area (Å²) in [5.41, 5.74) is -0.410. The van der Waals surface area contributed by atoms with E-state index in [0.717, 1.165) is 15.0 Å². The van der Waals surface area contributed by atoms with E-state index in [0.29, 0.717) is 11.1 Å². The molecule has 1 aliphatic heterocycles. The fourth-order valence-corrected chi connectivity index (χ4v) is 4.22. The molecule has 0 saturated heterocycles. The van der Waals surface area contributed by atoms with Crippen LogP contribution in [-0.2, 0) is 19.6 Å². The average Bonchev–Trinajstić information content (AvgIpc) is 3.16. The minimum absolute atomic E-state index is 0.148. The Morgan fingerprint density at radius 1 is 1.00 bits per heavy atom. The Morgan fingerprint density at radius 3 is 2.53 bits per heavy atom. The van der Waals surface area contributed by atoms with Gasteiger partial charge in [-0.05, 0) is 17.2 Å². The van der Waals surface area contributed by atoms with Gasteiger partial charge in [0.15, 0.2) is 12.0 Å². The molecule has 9 heteroatoms. The number of anilines is 1. The molecule has 0 radical (unpaired) electrons. The summed E-state index contributed by atoms with van der Waals surface area (Å²) in [4.78, 5) is 18.5. The van der Waals surface area contributed by atoms with Crippen LogP contribution in [0.2, 0.25) is 0 Å². The Bertz CT molecular complexity index is 1360. The Labute approximate surface area is 179 Å². The van der Waals surface area contributed by atoms with E-state index in [2.05, 4.69) is 10.1 Å². The highest BCUT2D eigenvalue weighted by Crippen LogP contribution is 2.41. The molecule has 2 aromatic heterocycles. The first-order chi connectivity index (χ1) is 15.3. The highest BCUT2D eigenvalue weighted by atomic mass is 19.4. The fraction of sp³-hybridized carbons (Fsp3) is 0.174. The summed E-state index contributed by atoms with van der Waals surface area (Å²) in [6, 6.07) is 11.6. The zero-order valence-corrected chi connectivity index (χ0v) is 16.8. The second-order valence-corrected chi connectivity index (χ2v) is 7.59. The molecule has 0 N–H and O–H groups in total. The molecule has 32 heavy (non-hydrogen) atoms. The third-order valence-corrected chi connectivity index (χ3v) is 5.57. The summed E-state index contributed by atoms with van der Waals surface area (Å²) in [5, 5.41) is 4.94. The van der Waals surface area contributed by atoms with Gasteiger partial charge < -0.3 is 0 Å². The van der Waals surface area contributed by atoms with Crippen LogP contribution in [0.4, 0.5) is 23.2 Å². The molecule has 0 saturated carbocycles. The Kier molecular flexibility index (Phi) is 4.51. The number of aryl methyl sites for hydroxylation is 1. The maximum Gasteiger partial charge on any atom is 0.435 e. The number of hydrogen-bond acceptors (Lipinski definition) is 3. The monoisotopic (exact) mass is 440 g/mol. The fourth-order valence-electron chi connectivity index (χ4n) is 4.22. The van der Waals surface area contributed by atoms with Gasteiger partial charge in [0.05, 0.1) is 11.9 Å². The zero-order chi connectivity index (χ0) is 22.6. The lowest BCUT2D eigenvalue weighted by Crippen LogP contribution is -2.44. The first-order valence-corrected chi connectivity index (χ1v) is 9.79. The quantitative estimate of drug-likeness (QED) is 0.320. The van der Waals surface area contributed by atoms with E-state index in [4.69, 9.17) is 0 Å². The zero-order valence-electron chi connectivity index (χ0n) is 16.8. The van der Waals surface area contributed by atoms with E-state index in [1.807, 2.05) is 6.07 Å². The number of alkyl halides is 4. The topological polar surface area (TPSA) is 51.0 Å². The minimum atomic E-state index is -4.69. The maximum atomic E-state index is 15.5. The van der Waals surface area contributed by atoms with Crippen molar-refractivity contribution in [2.75, 3.05) is 4.90 Å². The number of pyridine rings is 1. The molecule has 0 spiro atoms. The van der Waals surface area contributed by atoms with E-state index in [1.165, 1.54) is 37.6 Å². The molecular weight excluding hydrogens is 424 g/mol. The predicted octanol–water partition coefficient (Wildman–Crippen LogP) is 5.15. The number of fused-ring (bicyclic) bond motifs is 2. The van der Waals surface area contributed by atoms with Gasteiger partial charge in [0.1, 0.15) is 0 Å². The minimum Gasteiger partial charge on any atom is -0.275 e. The smallest absolute Gasteiger partial charge is 0.275 e. The molecule has 3 heterocycles. The molecular formula is C23H16F4N4O. The number of benzene rings is 2. The van der Waals surface area contributed by atoms with Gasteiger partial charge in [-0.2, -0.15) is 18.3 Å². The van der Waals surface area contributed by atoms with Gasteiger partial charge in [-0.25, -0.2) is 4.39 Å². The van der Waals surface area contributed by atoms with Gasteiger partial charge >= 0.3 is 6.18 Å². The average molecular weight is 440 g/mol. The first kappa shape index (κ1) is 20.2. The molecule has 0 bridgehead atoms. The molecule has 0 aliphatic carbocycles. The van der Waals surface area contributed by atoms with Crippen LogP contribution in [0.15, 0.2) is 61.1 Å². The van der Waals surface area contributed by atoms with Gasteiger partial charge in [0.25, 0.3) is 5.91 Å². The van der Waals surface area contributed by atoms with Gasteiger partial charge in [-0.3, -0.25) is 19.4 Å². The number of aromatic nitrogens is 3. The molecule has 1 aliphatic rings. The lowest BCUT2D eigenvalue weighted by Gasteiger charge is -2.33. The maximum absolute atomic E-state index is 15.5. The number of carbonyl (C=O) groups is 1. The standard InChI is InChI=1S/C23H16F4N4O/c1-30-12-18(21(29-30)23(25,26)27)15-7-4-8-16-17(15)9-20(24)31(22(16)32)19-11-28-10-13-5-2-3-6-14(13)19/h2-8,10-12,20H,9H2,1H3. The van der Waals surface area contributed by atoms with Gasteiger partial charge in [0, 0.05) is 47.8 Å². The Balaban J connectivity index is 1.66. The van der Waals surface area contributed by atoms with Crippen LogP contribution in [0.25, 0.3) is 21.9 Å². The molecule has 2 aromatic carbocycles. The van der Waals surface area contributed by atoms with Crippen LogP contribution < -0.4 is 4.90 Å². The third-order valence-electron chi connectivity index (χ3n) is 5.57. The van der Waals surface area contributed by atoms with Crippen molar-refractivity contribution in [2.24, 2.45) is 7.05 Å². The van der Waals surface area contributed by atoms with Gasteiger partial charge in [-0.15, -0.1) is 0 Å². The van der Waals surface area contributed by atoms with E-state index in [9.17, 15) is 18.0 Å². The molecule has 1 amide bonds. The van der Waals surface area contributed by atoms with E-state index >= 15 is 4.39 Å². The summed E-state index contributed by atoms with van der Waals surface area (Å²) in [7, 11) is 1.38. The number of rotatable bonds is 2. The molecule has 1 unspecified atom stereocenters. The summed E-state index contributed by atoms with van der Waals surface area (Å²) < 4.78 is 57.1. The number of halogens is 4. The lowest BCUT2D eigenvalue weighted by molar-refractivity contribution is -0.140. The third kappa shape index (κ3) is 3.12. The van der Waals surface area contributed by atoms with E-state index in [-0.39, 0.29) is 28.7 Å². The Hall–Kier alpha value is -3.75. The van der Waals surface area contributed by atoms with Crippen molar-refractivity contribution in [1.82, 2.24) is 14.8 Å². The second-order valence-electron chi connectivity index (χ2n) is 7.59. The second kappa shape index (κ2) is 7.15. The van der Waals surface area contributed by atoms with Crippen molar-refractivity contribution in [3.8, 4) is 11.1 Å². The van der Waals surface area contributed by atoms with Crippen molar-refractivity contribution in [1.29, 1.82) is 0 Å². The number of nitrogens with zero attached hydrogens (tertiary/aromatic N) is 4. The van der Waals surface area contributed by atoms with Crippen LogP contribution in [0.1, 0.15) is 21.6 Å². The van der Waals surface area contributed by atoms with Crippen molar-refractivity contribution < 1.29 is 22.4 Å². The van der Waals surface area contributed by atoms with Crippen LogP contribution in [-0.4, -0.2) is 27.0 Å². The predicted molar refractivity (Wildman–Crippen MR) is 111 cm³/mol. The first-order valence-electron chi connectivity index (χ1n) is 9.79. The highest BCUT2D eigenvalue weighted by Gasteiger charge is 2.40. The number of hydrogen-bond donors (Lipinski definition) is 0. The SMILES string of the molecule is Cn1cc(-c2cccc3c2CC(F)N(c2cncc4ccccc24)C3=O)c(C(F)(F)F)n1. The molecule has 1 atom stereocenters. The van der Waals surface area contributed by atoms with Crippen molar-refractivity contribution in [3.05, 3.63) is 77.9 Å². The van der Waals surface area contributed by atoms with Gasteiger partial charge in [-0.1, -0.05) is 36.4 Å². The van der Waals surface area contributed by atoms with Crippen molar-refractivity contribution in [2.45, 2.75) is 18.9 Å². The largest absolute Gasteiger partial charge is 0.435 e. The van der Waals surface area contributed by atoms with Crippen LogP contribution in [0.5, 0.6) is 0 Å². The summed E-state index contributed by atoms with van der Waals surface area (Å²) in [6.07, 6.45) is -2.44. The summed E-state index contributed by atoms with van der Waals surface area (Å²) in [6.45, 7) is 0. The van der Waals surface area contributed by atoms with E-state index < -0.39 is 24.1 Å². The van der Waals surface area contributed by atoms with Crippen LogP contribution in [0.3, 0.4) is 0 Å². The molecule has 162 valence electrons. The van der Waals surface area contributed by atoms with Crippen molar-refractivity contribution in [3.63, 3.8) is 0 Å². The molecule has 5 nitrogen and oxygen atoms in total. The number of carbonyl (C=O) groups excluding carboxylic acids is 1. The molecule has 5 rings (SSSR count). The molecule has 4 aromatic rings. The summed E-state index contributed by atoms with van der Waals surface area (Å²) in [5.74, 6) is -0.629. The number of amides is 1. The Morgan fingerprint density at radius 2 is 1.75 bits per heavy atom. The van der Waals surface area contributed by atoms with Crippen molar-refractivity contribution >= 4 is 22.4 Å². The molecule has 0 fully saturated rings. The van der Waals surface area contributed by atoms with Crippen LogP contribution >= 0.6 is 0 Å². The van der Waals surface area contributed by atoms with E-state index in [1.54, 1.807) is 24.4 Å². The van der Waals surface area contributed by atoms with Gasteiger partial charge in [0.2, 0.25) is 0 Å². The lowest BCUT2D eigenvalue weighted by atomic mass is 9.89. The summed E-state index contributed by atoms with van der Waals surface area (Å²) >= 11 is 0.